The maximum absolute atomic E-state index is 13.3. The van der Waals surface area contributed by atoms with E-state index in [0.717, 1.165) is 6.26 Å². The summed E-state index contributed by atoms with van der Waals surface area (Å²) in [6.45, 7) is 0. The third-order valence-corrected chi connectivity index (χ3v) is 4.17. The van der Waals surface area contributed by atoms with Gasteiger partial charge in [0.2, 0.25) is 15.0 Å². The molecule has 118 valence electrons. The fourth-order valence-electron chi connectivity index (χ4n) is 1.98. The molecule has 2 aromatic heterocycles. The van der Waals surface area contributed by atoms with Gasteiger partial charge in [0.25, 0.3) is 0 Å². The second kappa shape index (κ2) is 5.71. The van der Waals surface area contributed by atoms with Crippen molar-refractivity contribution in [2.45, 2.75) is 5.16 Å². The lowest BCUT2D eigenvalue weighted by molar-refractivity contribution is 0.592. The Bertz CT molecular complexity index is 988. The molecule has 3 aromatic rings. The molecule has 0 atom stereocenters. The maximum Gasteiger partial charge on any atom is 0.248 e. The van der Waals surface area contributed by atoms with Gasteiger partial charge in [-0.05, 0) is 24.3 Å². The third kappa shape index (κ3) is 3.08. The van der Waals surface area contributed by atoms with Crippen LogP contribution in [0.4, 0.5) is 4.39 Å². The minimum absolute atomic E-state index is 0.0310. The molecule has 0 aliphatic rings. The molecule has 0 unspecified atom stereocenters. The van der Waals surface area contributed by atoms with Gasteiger partial charge in [-0.1, -0.05) is 11.6 Å². The average Bonchev–Trinajstić information content (AvgIpc) is 2.99. The first-order chi connectivity index (χ1) is 10.9. The molecule has 0 radical (unpaired) electrons. The molecular weight excluding hydrogens is 343 g/mol. The number of sulfone groups is 1. The van der Waals surface area contributed by atoms with E-state index in [0.29, 0.717) is 17.2 Å². The number of hydrogen-bond acceptors (Lipinski definition) is 5. The zero-order chi connectivity index (χ0) is 16.6. The Labute approximate surface area is 136 Å². The number of imidazole rings is 1. The molecule has 9 heteroatoms. The van der Waals surface area contributed by atoms with Crippen LogP contribution in [0.25, 0.3) is 17.2 Å². The van der Waals surface area contributed by atoms with Crippen LogP contribution in [-0.2, 0) is 9.84 Å². The maximum atomic E-state index is 13.3. The quantitative estimate of drug-likeness (QED) is 0.677. The fourth-order valence-corrected chi connectivity index (χ4v) is 2.67. The molecule has 23 heavy (non-hydrogen) atoms. The van der Waals surface area contributed by atoms with Gasteiger partial charge in [0.1, 0.15) is 17.5 Å². The van der Waals surface area contributed by atoms with Crippen molar-refractivity contribution >= 4 is 21.4 Å². The number of halogens is 2. The highest BCUT2D eigenvalue weighted by Gasteiger charge is 2.15. The third-order valence-electron chi connectivity index (χ3n) is 3.02. The van der Waals surface area contributed by atoms with Crippen LogP contribution < -0.4 is 0 Å². The summed E-state index contributed by atoms with van der Waals surface area (Å²) < 4.78 is 38.0. The topological polar surface area (TPSA) is 77.7 Å². The largest absolute Gasteiger partial charge is 0.284 e. The Kier molecular flexibility index (Phi) is 3.87. The second-order valence-corrected chi connectivity index (χ2v) is 7.04. The van der Waals surface area contributed by atoms with Crippen molar-refractivity contribution in [3.8, 4) is 17.2 Å². The minimum Gasteiger partial charge on any atom is -0.284 e. The first kappa shape index (κ1) is 15.6. The molecule has 0 aliphatic heterocycles. The molecule has 0 spiro atoms. The summed E-state index contributed by atoms with van der Waals surface area (Å²) in [5.74, 6) is 0.244. The van der Waals surface area contributed by atoms with Crippen LogP contribution in [0.5, 0.6) is 0 Å². The van der Waals surface area contributed by atoms with Gasteiger partial charge in [0.15, 0.2) is 0 Å². The van der Waals surface area contributed by atoms with Gasteiger partial charge in [-0.2, -0.15) is 0 Å². The van der Waals surface area contributed by atoms with Gasteiger partial charge in [0.05, 0.1) is 5.02 Å². The first-order valence-electron chi connectivity index (χ1n) is 6.38. The molecule has 0 amide bonds. The van der Waals surface area contributed by atoms with Gasteiger partial charge >= 0.3 is 0 Å². The molecule has 0 saturated carbocycles. The molecular formula is C14H10ClFN4O2S. The lowest BCUT2D eigenvalue weighted by Gasteiger charge is -2.08. The summed E-state index contributed by atoms with van der Waals surface area (Å²) in [7, 11) is -3.53. The Hall–Kier alpha value is -2.32. The average molecular weight is 353 g/mol. The van der Waals surface area contributed by atoms with E-state index in [1.165, 1.54) is 30.6 Å². The normalized spacial score (nSPS) is 11.6. The van der Waals surface area contributed by atoms with E-state index in [2.05, 4.69) is 15.0 Å². The van der Waals surface area contributed by atoms with Crippen molar-refractivity contribution < 1.29 is 12.8 Å². The van der Waals surface area contributed by atoms with Gasteiger partial charge in [-0.25, -0.2) is 27.8 Å². The summed E-state index contributed by atoms with van der Waals surface area (Å²) in [6.07, 6.45) is 5.51. The van der Waals surface area contributed by atoms with Crippen molar-refractivity contribution in [3.05, 3.63) is 53.7 Å². The zero-order valence-corrected chi connectivity index (χ0v) is 13.4. The van der Waals surface area contributed by atoms with E-state index in [4.69, 9.17) is 11.6 Å². The first-order valence-corrected chi connectivity index (χ1v) is 8.65. The molecule has 0 fully saturated rings. The van der Waals surface area contributed by atoms with Crippen molar-refractivity contribution in [1.82, 2.24) is 19.5 Å². The fraction of sp³-hybridized carbons (Fsp3) is 0.0714. The van der Waals surface area contributed by atoms with E-state index >= 15 is 0 Å². The van der Waals surface area contributed by atoms with Crippen LogP contribution in [0, 0.1) is 5.82 Å². The molecule has 3 rings (SSSR count). The monoisotopic (exact) mass is 352 g/mol. The SMILES string of the molecule is CS(=O)(=O)c1nccc(-n2ccnc2-c2ccc(F)c(Cl)c2)n1. The van der Waals surface area contributed by atoms with Gasteiger partial charge in [-0.15, -0.1) is 0 Å². The van der Waals surface area contributed by atoms with Gasteiger partial charge in [-0.3, -0.25) is 4.57 Å². The van der Waals surface area contributed by atoms with Crippen LogP contribution >= 0.6 is 11.6 Å². The Balaban J connectivity index is 2.13. The Morgan fingerprint density at radius 2 is 1.96 bits per heavy atom. The molecule has 6 nitrogen and oxygen atoms in total. The number of benzene rings is 1. The summed E-state index contributed by atoms with van der Waals surface area (Å²) in [6, 6.07) is 5.75. The highest BCUT2D eigenvalue weighted by molar-refractivity contribution is 7.90. The minimum atomic E-state index is -3.53. The van der Waals surface area contributed by atoms with Crippen molar-refractivity contribution in [2.24, 2.45) is 0 Å². The smallest absolute Gasteiger partial charge is 0.248 e. The molecule has 0 bridgehead atoms. The highest BCUT2D eigenvalue weighted by Crippen LogP contribution is 2.25. The Morgan fingerprint density at radius 1 is 1.17 bits per heavy atom. The number of rotatable bonds is 3. The molecule has 1 aromatic carbocycles. The summed E-state index contributed by atoms with van der Waals surface area (Å²) in [5.41, 5.74) is 0.570. The van der Waals surface area contributed by atoms with Crippen LogP contribution in [0.1, 0.15) is 0 Å². The molecule has 2 heterocycles. The highest BCUT2D eigenvalue weighted by atomic mass is 35.5. The van der Waals surface area contributed by atoms with E-state index in [1.807, 2.05) is 0 Å². The number of hydrogen-bond donors (Lipinski definition) is 0. The zero-order valence-electron chi connectivity index (χ0n) is 11.8. The number of nitrogens with zero attached hydrogens (tertiary/aromatic N) is 4. The van der Waals surface area contributed by atoms with E-state index in [-0.39, 0.29) is 10.2 Å². The number of aromatic nitrogens is 4. The van der Waals surface area contributed by atoms with Crippen molar-refractivity contribution in [2.75, 3.05) is 6.26 Å². The van der Waals surface area contributed by atoms with Crippen molar-refractivity contribution in [1.29, 1.82) is 0 Å². The van der Waals surface area contributed by atoms with Crippen LogP contribution in [-0.4, -0.2) is 34.2 Å². The van der Waals surface area contributed by atoms with E-state index in [9.17, 15) is 12.8 Å². The lowest BCUT2D eigenvalue weighted by Crippen LogP contribution is -2.07. The van der Waals surface area contributed by atoms with E-state index < -0.39 is 15.7 Å². The van der Waals surface area contributed by atoms with Crippen LogP contribution in [0.3, 0.4) is 0 Å². The standard InChI is InChI=1S/C14H10ClFN4O2S/c1-23(21,22)14-18-5-4-12(19-14)20-7-6-17-13(20)9-2-3-11(16)10(15)8-9/h2-8H,1H3. The lowest BCUT2D eigenvalue weighted by atomic mass is 10.2. The summed E-state index contributed by atoms with van der Waals surface area (Å²) >= 11 is 5.80. The van der Waals surface area contributed by atoms with Gasteiger partial charge < -0.3 is 0 Å². The Morgan fingerprint density at radius 3 is 2.65 bits per heavy atom. The van der Waals surface area contributed by atoms with E-state index in [1.54, 1.807) is 16.8 Å². The summed E-state index contributed by atoms with van der Waals surface area (Å²) in [4.78, 5) is 12.0. The molecule has 0 saturated heterocycles. The second-order valence-electron chi connectivity index (χ2n) is 4.72. The molecule has 0 N–H and O–H groups in total. The summed E-state index contributed by atoms with van der Waals surface area (Å²) in [5, 5.41) is -0.316. The molecule has 0 aliphatic carbocycles. The predicted octanol–water partition coefficient (Wildman–Crippen LogP) is 2.53. The van der Waals surface area contributed by atoms with Crippen LogP contribution in [0.2, 0.25) is 5.02 Å². The predicted molar refractivity (Wildman–Crippen MR) is 82.7 cm³/mol. The van der Waals surface area contributed by atoms with Crippen molar-refractivity contribution in [3.63, 3.8) is 0 Å². The van der Waals surface area contributed by atoms with Crippen LogP contribution in [0.15, 0.2) is 48.0 Å². The van der Waals surface area contributed by atoms with Gasteiger partial charge in [0, 0.05) is 30.4 Å².